The predicted molar refractivity (Wildman–Crippen MR) is 79.4 cm³/mol. The van der Waals surface area contributed by atoms with Gasteiger partial charge >= 0.3 is 5.97 Å². The molecule has 0 unspecified atom stereocenters. The van der Waals surface area contributed by atoms with Gasteiger partial charge in [0.05, 0.1) is 12.0 Å². The molecule has 0 aliphatic rings. The minimum Gasteiger partial charge on any atom is -0.465 e. The molecule has 0 radical (unpaired) electrons. The van der Waals surface area contributed by atoms with Crippen molar-refractivity contribution in [2.45, 2.75) is 46.5 Å². The van der Waals surface area contributed by atoms with Gasteiger partial charge in [0.25, 0.3) is 0 Å². The maximum atomic E-state index is 11.5. The summed E-state index contributed by atoms with van der Waals surface area (Å²) >= 11 is 6.09. The van der Waals surface area contributed by atoms with Crippen LogP contribution in [0.5, 0.6) is 0 Å². The zero-order valence-corrected chi connectivity index (χ0v) is 12.8. The highest BCUT2D eigenvalue weighted by atomic mass is 35.5. The lowest BCUT2D eigenvalue weighted by Gasteiger charge is -2.16. The number of aryl methyl sites for hydroxylation is 1. The van der Waals surface area contributed by atoms with E-state index in [1.807, 2.05) is 39.0 Å². The number of halogens is 1. The summed E-state index contributed by atoms with van der Waals surface area (Å²) in [5.41, 5.74) is 0.785. The third kappa shape index (κ3) is 6.11. The number of ether oxygens (including phenoxy) is 1. The molecule has 0 aromatic heterocycles. The lowest BCUT2D eigenvalue weighted by Crippen LogP contribution is -2.23. The third-order valence-electron chi connectivity index (χ3n) is 2.89. The van der Waals surface area contributed by atoms with Crippen LogP contribution >= 0.6 is 11.6 Å². The lowest BCUT2D eigenvalue weighted by molar-refractivity contribution is -0.153. The maximum absolute atomic E-state index is 11.5. The Morgan fingerprint density at radius 2 is 1.84 bits per heavy atom. The van der Waals surface area contributed by atoms with E-state index in [4.69, 9.17) is 16.3 Å². The van der Waals surface area contributed by atoms with Gasteiger partial charge in [-0.05, 0) is 58.1 Å². The molecule has 0 fully saturated rings. The van der Waals surface area contributed by atoms with Gasteiger partial charge in [-0.2, -0.15) is 0 Å². The van der Waals surface area contributed by atoms with Gasteiger partial charge in [-0.3, -0.25) is 4.79 Å². The first-order valence-electron chi connectivity index (χ1n) is 6.82. The molecule has 1 aromatic carbocycles. The Morgan fingerprint density at radius 1 is 1.16 bits per heavy atom. The number of hydrogen-bond acceptors (Lipinski definition) is 2. The van der Waals surface area contributed by atoms with Crippen LogP contribution in [0.25, 0.3) is 0 Å². The summed E-state index contributed by atoms with van der Waals surface area (Å²) in [6.07, 6.45) is 4.00. The van der Waals surface area contributed by atoms with Crippen molar-refractivity contribution in [1.82, 2.24) is 0 Å². The van der Waals surface area contributed by atoms with Crippen molar-refractivity contribution < 1.29 is 9.53 Å². The largest absolute Gasteiger partial charge is 0.465 e. The molecule has 0 aliphatic carbocycles. The summed E-state index contributed by atoms with van der Waals surface area (Å²) in [6.45, 7) is 6.12. The Hall–Kier alpha value is -1.02. The maximum Gasteiger partial charge on any atom is 0.311 e. The molecule has 0 heterocycles. The van der Waals surface area contributed by atoms with Crippen LogP contribution in [0.4, 0.5) is 0 Å². The minimum absolute atomic E-state index is 0.126. The number of benzene rings is 1. The van der Waals surface area contributed by atoms with Crippen LogP contribution in [-0.2, 0) is 16.0 Å². The van der Waals surface area contributed by atoms with Gasteiger partial charge in [0.15, 0.2) is 0 Å². The van der Waals surface area contributed by atoms with Crippen molar-refractivity contribution in [3.63, 3.8) is 0 Å². The molecule has 1 aromatic rings. The average Bonchev–Trinajstić information content (AvgIpc) is 2.34. The van der Waals surface area contributed by atoms with Crippen LogP contribution in [0.1, 0.15) is 45.6 Å². The second kappa shape index (κ2) is 7.54. The Kier molecular flexibility index (Phi) is 6.36. The molecule has 2 nitrogen and oxygen atoms in total. The molecule has 106 valence electrons. The molecule has 0 bridgehead atoms. The van der Waals surface area contributed by atoms with E-state index in [1.165, 1.54) is 5.56 Å². The van der Waals surface area contributed by atoms with Crippen LogP contribution in [0.3, 0.4) is 0 Å². The summed E-state index contributed by atoms with van der Waals surface area (Å²) in [5, 5.41) is 0.835. The average molecular weight is 283 g/mol. The van der Waals surface area contributed by atoms with E-state index in [1.54, 1.807) is 0 Å². The predicted octanol–water partition coefficient (Wildman–Crippen LogP) is 4.64. The molecule has 0 N–H and O–H groups in total. The highest BCUT2D eigenvalue weighted by Gasteiger charge is 2.22. The molecular formula is C16H23ClO2. The van der Waals surface area contributed by atoms with E-state index in [0.29, 0.717) is 6.61 Å². The molecular weight excluding hydrogens is 260 g/mol. The first-order chi connectivity index (χ1) is 8.91. The van der Waals surface area contributed by atoms with E-state index >= 15 is 0 Å². The van der Waals surface area contributed by atoms with Crippen molar-refractivity contribution in [1.29, 1.82) is 0 Å². The summed E-state index contributed by atoms with van der Waals surface area (Å²) in [5.74, 6) is -0.126. The van der Waals surface area contributed by atoms with Crippen LogP contribution in [0.2, 0.25) is 5.02 Å². The SMILES string of the molecule is CC(C)(C)C(=O)OCCCCCc1ccccc1Cl. The molecule has 1 rings (SSSR count). The first-order valence-corrected chi connectivity index (χ1v) is 7.19. The number of hydrogen-bond donors (Lipinski definition) is 0. The van der Waals surface area contributed by atoms with Gasteiger partial charge in [-0.15, -0.1) is 0 Å². The Balaban J connectivity index is 2.13. The highest BCUT2D eigenvalue weighted by molar-refractivity contribution is 6.31. The van der Waals surface area contributed by atoms with E-state index in [2.05, 4.69) is 6.07 Å². The number of rotatable bonds is 6. The standard InChI is InChI=1S/C16H23ClO2/c1-16(2,3)15(18)19-12-8-4-5-9-13-10-6-7-11-14(13)17/h6-7,10-11H,4-5,8-9,12H2,1-3H3. The first kappa shape index (κ1) is 16.0. The fraction of sp³-hybridized carbons (Fsp3) is 0.562. The van der Waals surface area contributed by atoms with Gasteiger partial charge in [0, 0.05) is 5.02 Å². The summed E-state index contributed by atoms with van der Waals surface area (Å²) in [6, 6.07) is 7.92. The quantitative estimate of drug-likeness (QED) is 0.561. The minimum atomic E-state index is -0.405. The zero-order chi connectivity index (χ0) is 14.3. The number of unbranched alkanes of at least 4 members (excludes halogenated alkanes) is 2. The monoisotopic (exact) mass is 282 g/mol. The van der Waals surface area contributed by atoms with Crippen molar-refractivity contribution in [3.8, 4) is 0 Å². The van der Waals surface area contributed by atoms with E-state index < -0.39 is 5.41 Å². The zero-order valence-electron chi connectivity index (χ0n) is 12.0. The normalized spacial score (nSPS) is 11.4. The lowest BCUT2D eigenvalue weighted by atomic mass is 9.97. The van der Waals surface area contributed by atoms with Gasteiger partial charge in [-0.1, -0.05) is 29.8 Å². The second-order valence-corrected chi connectivity index (χ2v) is 6.20. The van der Waals surface area contributed by atoms with E-state index in [9.17, 15) is 4.79 Å². The molecule has 0 amide bonds. The Labute approximate surface area is 121 Å². The molecule has 0 saturated carbocycles. The van der Waals surface area contributed by atoms with Gasteiger partial charge < -0.3 is 4.74 Å². The van der Waals surface area contributed by atoms with Crippen molar-refractivity contribution in [2.24, 2.45) is 5.41 Å². The Morgan fingerprint density at radius 3 is 2.47 bits per heavy atom. The summed E-state index contributed by atoms with van der Waals surface area (Å²) in [4.78, 5) is 11.5. The van der Waals surface area contributed by atoms with Crippen molar-refractivity contribution in [3.05, 3.63) is 34.9 Å². The van der Waals surface area contributed by atoms with Crippen LogP contribution in [-0.4, -0.2) is 12.6 Å². The fourth-order valence-electron chi connectivity index (χ4n) is 1.68. The topological polar surface area (TPSA) is 26.3 Å². The smallest absolute Gasteiger partial charge is 0.311 e. The number of carbonyl (C=O) groups is 1. The molecule has 0 atom stereocenters. The second-order valence-electron chi connectivity index (χ2n) is 5.79. The van der Waals surface area contributed by atoms with Crippen molar-refractivity contribution >= 4 is 17.6 Å². The molecule has 0 aliphatic heterocycles. The highest BCUT2D eigenvalue weighted by Crippen LogP contribution is 2.18. The third-order valence-corrected chi connectivity index (χ3v) is 3.26. The van der Waals surface area contributed by atoms with Crippen LogP contribution in [0.15, 0.2) is 24.3 Å². The van der Waals surface area contributed by atoms with Crippen LogP contribution in [0, 0.1) is 5.41 Å². The Bertz CT molecular complexity index is 407. The molecule has 19 heavy (non-hydrogen) atoms. The van der Waals surface area contributed by atoms with Crippen molar-refractivity contribution in [2.75, 3.05) is 6.61 Å². The van der Waals surface area contributed by atoms with E-state index in [-0.39, 0.29) is 5.97 Å². The van der Waals surface area contributed by atoms with Gasteiger partial charge in [0.1, 0.15) is 0 Å². The summed E-state index contributed by atoms with van der Waals surface area (Å²) < 4.78 is 5.22. The molecule has 3 heteroatoms. The molecule has 0 saturated heterocycles. The van der Waals surface area contributed by atoms with Gasteiger partial charge in [0.2, 0.25) is 0 Å². The van der Waals surface area contributed by atoms with Crippen LogP contribution < -0.4 is 0 Å². The number of carbonyl (C=O) groups excluding carboxylic acids is 1. The summed E-state index contributed by atoms with van der Waals surface area (Å²) in [7, 11) is 0. The number of esters is 1. The fourth-order valence-corrected chi connectivity index (χ4v) is 1.91. The van der Waals surface area contributed by atoms with Gasteiger partial charge in [-0.25, -0.2) is 0 Å². The van der Waals surface area contributed by atoms with E-state index in [0.717, 1.165) is 30.7 Å². The molecule has 0 spiro atoms.